The third-order valence-electron chi connectivity index (χ3n) is 5.17. The fourth-order valence-corrected chi connectivity index (χ4v) is 4.35. The topological polar surface area (TPSA) is 69.4 Å². The average molecular weight is 462 g/mol. The Labute approximate surface area is 198 Å². The largest absolute Gasteiger partial charge is 0.497 e. The first-order chi connectivity index (χ1) is 16.1. The summed E-state index contributed by atoms with van der Waals surface area (Å²) < 4.78 is 13.1. The van der Waals surface area contributed by atoms with Crippen LogP contribution in [0.15, 0.2) is 84.0 Å². The first kappa shape index (κ1) is 22.9. The lowest BCUT2D eigenvalue weighted by Gasteiger charge is -2.13. The summed E-state index contributed by atoms with van der Waals surface area (Å²) in [5.41, 5.74) is 3.15. The van der Waals surface area contributed by atoms with Gasteiger partial charge in [-0.05, 0) is 60.9 Å². The van der Waals surface area contributed by atoms with E-state index in [0.717, 1.165) is 39.3 Å². The van der Waals surface area contributed by atoms with Gasteiger partial charge in [0.05, 0.1) is 13.2 Å². The van der Waals surface area contributed by atoms with Crippen LogP contribution < -0.4 is 9.47 Å². The van der Waals surface area contributed by atoms with Crippen molar-refractivity contribution < 1.29 is 14.6 Å². The summed E-state index contributed by atoms with van der Waals surface area (Å²) in [7, 11) is 1.64. The third kappa shape index (κ3) is 6.15. The van der Waals surface area contributed by atoms with Crippen LogP contribution in [0.2, 0.25) is 0 Å². The number of rotatable bonds is 10. The first-order valence-electron chi connectivity index (χ1n) is 10.8. The Morgan fingerprint density at radius 1 is 0.879 bits per heavy atom. The minimum absolute atomic E-state index is 0.498. The molecule has 6 nitrogen and oxygen atoms in total. The Morgan fingerprint density at radius 3 is 2.27 bits per heavy atom. The predicted molar refractivity (Wildman–Crippen MR) is 130 cm³/mol. The molecule has 1 atom stereocenters. The smallest absolute Gasteiger partial charge is 0.195 e. The lowest BCUT2D eigenvalue weighted by atomic mass is 10.1. The van der Waals surface area contributed by atoms with E-state index in [4.69, 9.17) is 9.47 Å². The van der Waals surface area contributed by atoms with Crippen LogP contribution in [0.3, 0.4) is 0 Å². The number of aromatic nitrogens is 3. The van der Waals surface area contributed by atoms with Crippen molar-refractivity contribution in [3.63, 3.8) is 0 Å². The lowest BCUT2D eigenvalue weighted by molar-refractivity contribution is 0.200. The number of aliphatic hydroxyl groups excluding tert-OH is 1. The lowest BCUT2D eigenvalue weighted by Crippen LogP contribution is -2.14. The van der Waals surface area contributed by atoms with Crippen molar-refractivity contribution in [2.24, 2.45) is 0 Å². The van der Waals surface area contributed by atoms with Crippen LogP contribution in [0.5, 0.6) is 11.5 Å². The van der Waals surface area contributed by atoms with Gasteiger partial charge in [0.2, 0.25) is 0 Å². The van der Waals surface area contributed by atoms with Gasteiger partial charge in [0.1, 0.15) is 23.9 Å². The minimum Gasteiger partial charge on any atom is -0.497 e. The number of hydrogen-bond donors (Lipinski definition) is 1. The zero-order valence-corrected chi connectivity index (χ0v) is 19.5. The standard InChI is InChI=1S/C26H27N3O3S/c1-19-27-28-26(33-18-23(30)16-20-8-12-24(31-2)13-9-20)29(19)22-10-14-25(15-11-22)32-17-21-6-4-3-5-7-21/h3-15,23,30H,16-18H2,1-2H3. The Hall–Kier alpha value is -3.29. The van der Waals surface area contributed by atoms with Gasteiger partial charge in [0, 0.05) is 11.4 Å². The van der Waals surface area contributed by atoms with Crippen LogP contribution in [0.1, 0.15) is 17.0 Å². The van der Waals surface area contributed by atoms with E-state index in [1.807, 2.05) is 90.4 Å². The molecule has 4 rings (SSSR count). The van der Waals surface area contributed by atoms with Gasteiger partial charge in [0.15, 0.2) is 5.16 Å². The van der Waals surface area contributed by atoms with E-state index in [-0.39, 0.29) is 0 Å². The molecule has 0 bridgehead atoms. The summed E-state index contributed by atoms with van der Waals surface area (Å²) >= 11 is 1.49. The van der Waals surface area contributed by atoms with E-state index < -0.39 is 6.10 Å². The van der Waals surface area contributed by atoms with Crippen LogP contribution in [0, 0.1) is 6.92 Å². The number of aryl methyl sites for hydroxylation is 1. The summed E-state index contributed by atoms with van der Waals surface area (Å²) in [6.07, 6.45) is 0.0694. The van der Waals surface area contributed by atoms with Crippen molar-refractivity contribution in [1.29, 1.82) is 0 Å². The van der Waals surface area contributed by atoms with Gasteiger partial charge in [-0.1, -0.05) is 54.2 Å². The van der Waals surface area contributed by atoms with Crippen LogP contribution in [-0.4, -0.2) is 38.8 Å². The van der Waals surface area contributed by atoms with Crippen molar-refractivity contribution in [3.05, 3.63) is 95.8 Å². The zero-order valence-electron chi connectivity index (χ0n) is 18.7. The molecule has 0 saturated heterocycles. The molecule has 33 heavy (non-hydrogen) atoms. The molecule has 170 valence electrons. The fourth-order valence-electron chi connectivity index (χ4n) is 3.43. The second-order valence-electron chi connectivity index (χ2n) is 7.65. The molecule has 0 spiro atoms. The van der Waals surface area contributed by atoms with E-state index >= 15 is 0 Å². The molecule has 1 unspecified atom stereocenters. The molecular weight excluding hydrogens is 434 g/mol. The van der Waals surface area contributed by atoms with E-state index in [1.54, 1.807) is 7.11 Å². The van der Waals surface area contributed by atoms with Crippen LogP contribution in [0.25, 0.3) is 5.69 Å². The average Bonchev–Trinajstić information content (AvgIpc) is 3.23. The van der Waals surface area contributed by atoms with Crippen molar-refractivity contribution in [1.82, 2.24) is 14.8 Å². The maximum absolute atomic E-state index is 10.5. The predicted octanol–water partition coefficient (Wildman–Crippen LogP) is 4.86. The van der Waals surface area contributed by atoms with Crippen molar-refractivity contribution >= 4 is 11.8 Å². The number of thioether (sulfide) groups is 1. The molecule has 4 aromatic rings. The SMILES string of the molecule is COc1ccc(CC(O)CSc2nnc(C)n2-c2ccc(OCc3ccccc3)cc2)cc1. The molecule has 0 aliphatic rings. The Bertz CT molecular complexity index is 1150. The maximum atomic E-state index is 10.5. The van der Waals surface area contributed by atoms with E-state index in [0.29, 0.717) is 18.8 Å². The van der Waals surface area contributed by atoms with E-state index in [1.165, 1.54) is 11.8 Å². The Morgan fingerprint density at radius 2 is 1.58 bits per heavy atom. The van der Waals surface area contributed by atoms with Gasteiger partial charge in [-0.15, -0.1) is 10.2 Å². The number of aliphatic hydroxyl groups is 1. The second-order valence-corrected chi connectivity index (χ2v) is 8.64. The number of ether oxygens (including phenoxy) is 2. The van der Waals surface area contributed by atoms with Crippen molar-refractivity contribution in [2.45, 2.75) is 31.2 Å². The molecule has 0 fully saturated rings. The Balaban J connectivity index is 1.36. The number of nitrogens with zero attached hydrogens (tertiary/aromatic N) is 3. The molecule has 0 saturated carbocycles. The normalized spacial score (nSPS) is 11.8. The van der Waals surface area contributed by atoms with Gasteiger partial charge < -0.3 is 14.6 Å². The second kappa shape index (κ2) is 11.0. The molecule has 0 aliphatic carbocycles. The first-order valence-corrected chi connectivity index (χ1v) is 11.7. The molecule has 3 aromatic carbocycles. The monoisotopic (exact) mass is 461 g/mol. The van der Waals surface area contributed by atoms with Gasteiger partial charge in [0.25, 0.3) is 0 Å². The van der Waals surface area contributed by atoms with Gasteiger partial charge in [-0.25, -0.2) is 0 Å². The molecule has 0 aliphatic heterocycles. The highest BCUT2D eigenvalue weighted by Crippen LogP contribution is 2.25. The Kier molecular flexibility index (Phi) is 7.65. The highest BCUT2D eigenvalue weighted by Gasteiger charge is 2.14. The summed E-state index contributed by atoms with van der Waals surface area (Å²) in [6.45, 7) is 2.45. The van der Waals surface area contributed by atoms with Crippen LogP contribution in [0.4, 0.5) is 0 Å². The molecule has 0 radical (unpaired) electrons. The highest BCUT2D eigenvalue weighted by molar-refractivity contribution is 7.99. The quantitative estimate of drug-likeness (QED) is 0.340. The molecule has 7 heteroatoms. The number of hydrogen-bond acceptors (Lipinski definition) is 6. The highest BCUT2D eigenvalue weighted by atomic mass is 32.2. The van der Waals surface area contributed by atoms with Gasteiger partial charge in [-0.3, -0.25) is 4.57 Å². The molecule has 1 heterocycles. The third-order valence-corrected chi connectivity index (χ3v) is 6.25. The summed E-state index contributed by atoms with van der Waals surface area (Å²) in [5.74, 6) is 2.92. The zero-order chi connectivity index (χ0) is 23.0. The van der Waals surface area contributed by atoms with Gasteiger partial charge >= 0.3 is 0 Å². The summed E-state index contributed by atoms with van der Waals surface area (Å²) in [6, 6.07) is 25.7. The maximum Gasteiger partial charge on any atom is 0.195 e. The summed E-state index contributed by atoms with van der Waals surface area (Å²) in [4.78, 5) is 0. The molecule has 1 N–H and O–H groups in total. The number of benzene rings is 3. The van der Waals surface area contributed by atoms with Crippen molar-refractivity contribution in [2.75, 3.05) is 12.9 Å². The van der Waals surface area contributed by atoms with Crippen LogP contribution >= 0.6 is 11.8 Å². The minimum atomic E-state index is -0.498. The van der Waals surface area contributed by atoms with E-state index in [2.05, 4.69) is 10.2 Å². The molecule has 0 amide bonds. The fraction of sp³-hybridized carbons (Fsp3) is 0.231. The van der Waals surface area contributed by atoms with E-state index in [9.17, 15) is 5.11 Å². The number of methoxy groups -OCH3 is 1. The van der Waals surface area contributed by atoms with Crippen LogP contribution in [-0.2, 0) is 13.0 Å². The molecular formula is C26H27N3O3S. The summed E-state index contributed by atoms with van der Waals surface area (Å²) in [5, 5.41) is 19.8. The molecule has 1 aromatic heterocycles. The van der Waals surface area contributed by atoms with Gasteiger partial charge in [-0.2, -0.15) is 0 Å². The van der Waals surface area contributed by atoms with Crippen molar-refractivity contribution in [3.8, 4) is 17.2 Å².